The molecule has 1 aliphatic heterocycles. The first-order valence-electron chi connectivity index (χ1n) is 8.72. The molecule has 0 aromatic heterocycles. The maximum atomic E-state index is 12.8. The Hall–Kier alpha value is -1.08. The van der Waals surface area contributed by atoms with Crippen LogP contribution in [0.2, 0.25) is 0 Å². The van der Waals surface area contributed by atoms with E-state index in [4.69, 9.17) is 0 Å². The fraction of sp³-hybridized carbons (Fsp3) is 0.824. The summed E-state index contributed by atoms with van der Waals surface area (Å²) in [7, 11) is 0. The molecule has 2 rings (SSSR count). The van der Waals surface area contributed by atoms with E-state index in [9.17, 15) is 23.1 Å². The number of piperidine rings is 1. The van der Waals surface area contributed by atoms with E-state index in [1.54, 1.807) is 11.8 Å². The molecule has 24 heavy (non-hydrogen) atoms. The number of likely N-dealkylation sites (tertiary alicyclic amines) is 1. The van der Waals surface area contributed by atoms with Gasteiger partial charge in [0.25, 0.3) is 0 Å². The Kier molecular flexibility index (Phi) is 6.31. The molecule has 1 aliphatic carbocycles. The fourth-order valence-corrected chi connectivity index (χ4v) is 3.36. The number of allylic oxidation sites excluding steroid dienone is 1. The lowest BCUT2D eigenvalue weighted by Gasteiger charge is -2.40. The molecular weight excluding hydrogens is 321 g/mol. The number of nitrogens with zero attached hydrogens (tertiary/aromatic N) is 1. The molecule has 0 saturated carbocycles. The van der Waals surface area contributed by atoms with Crippen LogP contribution in [0.1, 0.15) is 51.9 Å². The summed E-state index contributed by atoms with van der Waals surface area (Å²) in [5.74, 6) is -0.163. The van der Waals surface area contributed by atoms with Gasteiger partial charge >= 0.3 is 6.18 Å². The first-order valence-corrected chi connectivity index (χ1v) is 8.72. The monoisotopic (exact) mass is 348 g/mol. The van der Waals surface area contributed by atoms with Crippen LogP contribution in [0.3, 0.4) is 0 Å². The molecule has 1 fully saturated rings. The summed E-state index contributed by atoms with van der Waals surface area (Å²) in [5, 5.41) is 12.5. The lowest BCUT2D eigenvalue weighted by atomic mass is 9.90. The SMILES string of the molecule is CC(C(=O)NCCC1=CCCCC1)N1CCC(O)(C(F)(F)F)CC1. The number of alkyl halides is 3. The van der Waals surface area contributed by atoms with Gasteiger partial charge in [0.05, 0.1) is 6.04 Å². The van der Waals surface area contributed by atoms with Crippen LogP contribution in [-0.2, 0) is 4.79 Å². The van der Waals surface area contributed by atoms with Crippen LogP contribution in [0.15, 0.2) is 11.6 Å². The summed E-state index contributed by atoms with van der Waals surface area (Å²) < 4.78 is 38.4. The number of rotatable bonds is 5. The Morgan fingerprint density at radius 1 is 1.38 bits per heavy atom. The largest absolute Gasteiger partial charge is 0.417 e. The topological polar surface area (TPSA) is 52.6 Å². The van der Waals surface area contributed by atoms with Gasteiger partial charge in [0.2, 0.25) is 5.91 Å². The quantitative estimate of drug-likeness (QED) is 0.751. The Morgan fingerprint density at radius 3 is 2.58 bits per heavy atom. The maximum absolute atomic E-state index is 12.8. The minimum Gasteiger partial charge on any atom is -0.380 e. The van der Waals surface area contributed by atoms with Crippen LogP contribution in [-0.4, -0.2) is 53.4 Å². The Balaban J connectivity index is 1.74. The molecule has 0 radical (unpaired) electrons. The molecule has 4 nitrogen and oxygen atoms in total. The number of amides is 1. The maximum Gasteiger partial charge on any atom is 0.417 e. The zero-order chi connectivity index (χ0) is 17.8. The third-order valence-electron chi connectivity index (χ3n) is 5.21. The van der Waals surface area contributed by atoms with Crippen LogP contribution in [0, 0.1) is 0 Å². The second-order valence-corrected chi connectivity index (χ2v) is 6.89. The summed E-state index contributed by atoms with van der Waals surface area (Å²) in [6, 6.07) is -0.483. The molecule has 1 heterocycles. The molecule has 0 spiro atoms. The van der Waals surface area contributed by atoms with Crippen molar-refractivity contribution in [3.63, 3.8) is 0 Å². The average Bonchev–Trinajstić information content (AvgIpc) is 2.55. The van der Waals surface area contributed by atoms with E-state index in [2.05, 4.69) is 11.4 Å². The smallest absolute Gasteiger partial charge is 0.380 e. The van der Waals surface area contributed by atoms with Crippen LogP contribution in [0.5, 0.6) is 0 Å². The van der Waals surface area contributed by atoms with Gasteiger partial charge in [-0.25, -0.2) is 0 Å². The summed E-state index contributed by atoms with van der Waals surface area (Å²) in [5.41, 5.74) is -1.24. The lowest BCUT2D eigenvalue weighted by molar-refractivity contribution is -0.273. The van der Waals surface area contributed by atoms with Gasteiger partial charge in [-0.2, -0.15) is 13.2 Å². The van der Waals surface area contributed by atoms with E-state index in [1.807, 2.05) is 0 Å². The molecule has 0 aromatic carbocycles. The average molecular weight is 348 g/mol. The predicted octanol–water partition coefficient (Wildman–Crippen LogP) is 2.77. The highest BCUT2D eigenvalue weighted by atomic mass is 19.4. The molecule has 1 atom stereocenters. The zero-order valence-corrected chi connectivity index (χ0v) is 14.2. The second kappa shape index (κ2) is 7.87. The number of carbonyl (C=O) groups excluding carboxylic acids is 1. The number of nitrogens with one attached hydrogen (secondary N) is 1. The predicted molar refractivity (Wildman–Crippen MR) is 85.5 cm³/mol. The molecule has 138 valence electrons. The van der Waals surface area contributed by atoms with Gasteiger partial charge in [-0.15, -0.1) is 0 Å². The molecule has 1 amide bonds. The van der Waals surface area contributed by atoms with Crippen molar-refractivity contribution in [3.8, 4) is 0 Å². The molecule has 1 saturated heterocycles. The van der Waals surface area contributed by atoms with Gasteiger partial charge < -0.3 is 10.4 Å². The summed E-state index contributed by atoms with van der Waals surface area (Å²) in [6.07, 6.45) is 2.32. The van der Waals surface area contributed by atoms with Gasteiger partial charge in [0.15, 0.2) is 5.60 Å². The van der Waals surface area contributed by atoms with Crippen molar-refractivity contribution in [2.24, 2.45) is 0 Å². The first kappa shape index (κ1) is 19.2. The van der Waals surface area contributed by atoms with Gasteiger partial charge in [-0.1, -0.05) is 11.6 Å². The molecule has 0 aromatic rings. The van der Waals surface area contributed by atoms with Gasteiger partial charge in [0.1, 0.15) is 0 Å². The van der Waals surface area contributed by atoms with Crippen molar-refractivity contribution in [1.82, 2.24) is 10.2 Å². The van der Waals surface area contributed by atoms with Crippen molar-refractivity contribution >= 4 is 5.91 Å². The molecular formula is C17H27F3N2O2. The third kappa shape index (κ3) is 4.72. The minimum atomic E-state index is -4.61. The highest BCUT2D eigenvalue weighted by Crippen LogP contribution is 2.38. The number of hydrogen-bond donors (Lipinski definition) is 2. The van der Waals surface area contributed by atoms with Crippen molar-refractivity contribution in [1.29, 1.82) is 0 Å². The summed E-state index contributed by atoms with van der Waals surface area (Å²) >= 11 is 0. The minimum absolute atomic E-state index is 0.0652. The van der Waals surface area contributed by atoms with Crippen molar-refractivity contribution in [2.75, 3.05) is 19.6 Å². The summed E-state index contributed by atoms with van der Waals surface area (Å²) in [4.78, 5) is 13.9. The lowest BCUT2D eigenvalue weighted by Crippen LogP contribution is -2.57. The van der Waals surface area contributed by atoms with Crippen LogP contribution in [0.25, 0.3) is 0 Å². The standard InChI is InChI=1S/C17H27F3N2O2/c1-13(15(23)21-10-7-14-5-3-2-4-6-14)22-11-8-16(24,9-12-22)17(18,19)20/h5,13,24H,2-4,6-12H2,1H3,(H,21,23). The Morgan fingerprint density at radius 2 is 2.04 bits per heavy atom. The normalized spacial score (nSPS) is 23.5. The van der Waals surface area contributed by atoms with Crippen LogP contribution >= 0.6 is 0 Å². The van der Waals surface area contributed by atoms with E-state index in [-0.39, 0.29) is 31.8 Å². The zero-order valence-electron chi connectivity index (χ0n) is 14.2. The Labute approximate surface area is 141 Å². The van der Waals surface area contributed by atoms with Gasteiger partial charge in [-0.05, 0) is 51.9 Å². The molecule has 1 unspecified atom stereocenters. The van der Waals surface area contributed by atoms with E-state index in [1.165, 1.54) is 18.4 Å². The first-order chi connectivity index (χ1) is 11.2. The molecule has 7 heteroatoms. The molecule has 2 N–H and O–H groups in total. The van der Waals surface area contributed by atoms with E-state index >= 15 is 0 Å². The Bertz CT molecular complexity index is 469. The van der Waals surface area contributed by atoms with Crippen LogP contribution < -0.4 is 5.32 Å². The second-order valence-electron chi connectivity index (χ2n) is 6.89. The number of hydrogen-bond acceptors (Lipinski definition) is 3. The fourth-order valence-electron chi connectivity index (χ4n) is 3.36. The highest BCUT2D eigenvalue weighted by molar-refractivity contribution is 5.81. The van der Waals surface area contributed by atoms with E-state index < -0.39 is 17.8 Å². The van der Waals surface area contributed by atoms with Crippen molar-refractivity contribution in [3.05, 3.63) is 11.6 Å². The van der Waals surface area contributed by atoms with E-state index in [0.717, 1.165) is 19.3 Å². The molecule has 0 bridgehead atoms. The molecule has 2 aliphatic rings. The number of halogens is 3. The van der Waals surface area contributed by atoms with Gasteiger partial charge in [0, 0.05) is 19.6 Å². The van der Waals surface area contributed by atoms with E-state index in [0.29, 0.717) is 6.54 Å². The number of carbonyl (C=O) groups is 1. The van der Waals surface area contributed by atoms with Gasteiger partial charge in [-0.3, -0.25) is 9.69 Å². The van der Waals surface area contributed by atoms with Crippen molar-refractivity contribution in [2.45, 2.75) is 69.7 Å². The highest BCUT2D eigenvalue weighted by Gasteiger charge is 2.54. The number of aliphatic hydroxyl groups is 1. The summed E-state index contributed by atoms with van der Waals surface area (Å²) in [6.45, 7) is 2.40. The third-order valence-corrected chi connectivity index (χ3v) is 5.21. The van der Waals surface area contributed by atoms with Crippen LogP contribution in [0.4, 0.5) is 13.2 Å². The van der Waals surface area contributed by atoms with Crippen molar-refractivity contribution < 1.29 is 23.1 Å².